The van der Waals surface area contributed by atoms with Gasteiger partial charge >= 0.3 is 5.97 Å². The largest absolute Gasteiger partial charge is 0.465 e. The molecule has 1 amide bonds. The van der Waals surface area contributed by atoms with Crippen LogP contribution >= 0.6 is 22.7 Å². The Kier molecular flexibility index (Phi) is 5.65. The van der Waals surface area contributed by atoms with E-state index in [9.17, 15) is 9.59 Å². The van der Waals surface area contributed by atoms with Gasteiger partial charge in [-0.2, -0.15) is 0 Å². The topological polar surface area (TPSA) is 94.3 Å². The van der Waals surface area contributed by atoms with Crippen LogP contribution in [0, 0.1) is 0 Å². The van der Waals surface area contributed by atoms with Crippen LogP contribution in [0.4, 0.5) is 10.8 Å². The first-order valence-corrected chi connectivity index (χ1v) is 9.53. The first-order chi connectivity index (χ1) is 12.6. The molecule has 0 radical (unpaired) electrons. The summed E-state index contributed by atoms with van der Waals surface area (Å²) in [7, 11) is 1.33. The van der Waals surface area contributed by atoms with E-state index in [1.165, 1.54) is 18.4 Å². The SMILES string of the molecule is COC(=O)c1ccc(NC(=O)CCc2sc(N)nc2-c2cccs2)cc1. The number of aryl methyl sites for hydroxylation is 1. The highest BCUT2D eigenvalue weighted by Crippen LogP contribution is 2.33. The Morgan fingerprint density at radius 2 is 2.00 bits per heavy atom. The Bertz CT molecular complexity index is 902. The molecule has 0 spiro atoms. The third-order valence-electron chi connectivity index (χ3n) is 3.64. The second-order valence-electron chi connectivity index (χ2n) is 5.42. The number of benzene rings is 1. The summed E-state index contributed by atoms with van der Waals surface area (Å²) in [5.74, 6) is -0.522. The van der Waals surface area contributed by atoms with E-state index >= 15 is 0 Å². The summed E-state index contributed by atoms with van der Waals surface area (Å²) in [6.07, 6.45) is 0.882. The number of esters is 1. The van der Waals surface area contributed by atoms with E-state index in [2.05, 4.69) is 15.0 Å². The molecule has 0 saturated heterocycles. The summed E-state index contributed by atoms with van der Waals surface area (Å²) in [6.45, 7) is 0. The van der Waals surface area contributed by atoms with Crippen molar-refractivity contribution in [1.29, 1.82) is 0 Å². The summed E-state index contributed by atoms with van der Waals surface area (Å²) >= 11 is 3.01. The van der Waals surface area contributed by atoms with Gasteiger partial charge in [0.25, 0.3) is 0 Å². The van der Waals surface area contributed by atoms with Crippen LogP contribution in [0.2, 0.25) is 0 Å². The molecule has 0 unspecified atom stereocenters. The van der Waals surface area contributed by atoms with Crippen molar-refractivity contribution in [2.24, 2.45) is 0 Å². The molecule has 3 rings (SSSR count). The van der Waals surface area contributed by atoms with Crippen molar-refractivity contribution in [3.8, 4) is 10.6 Å². The third-order valence-corrected chi connectivity index (χ3v) is 5.46. The van der Waals surface area contributed by atoms with E-state index in [1.54, 1.807) is 35.6 Å². The number of carbonyl (C=O) groups is 2. The van der Waals surface area contributed by atoms with Crippen molar-refractivity contribution in [1.82, 2.24) is 4.98 Å². The molecule has 0 aliphatic rings. The second-order valence-corrected chi connectivity index (χ2v) is 7.48. The fraction of sp³-hybridized carbons (Fsp3) is 0.167. The number of carbonyl (C=O) groups excluding carboxylic acids is 2. The molecule has 1 aromatic carbocycles. The maximum atomic E-state index is 12.2. The number of nitrogens with two attached hydrogens (primary N) is 1. The minimum Gasteiger partial charge on any atom is -0.465 e. The van der Waals surface area contributed by atoms with Gasteiger partial charge in [0.2, 0.25) is 5.91 Å². The molecule has 0 aliphatic carbocycles. The highest BCUT2D eigenvalue weighted by molar-refractivity contribution is 7.17. The molecule has 0 atom stereocenters. The minimum atomic E-state index is -0.410. The monoisotopic (exact) mass is 387 g/mol. The molecule has 2 heterocycles. The first-order valence-electron chi connectivity index (χ1n) is 7.84. The molecule has 2 aromatic heterocycles. The van der Waals surface area contributed by atoms with Gasteiger partial charge in [-0.1, -0.05) is 6.07 Å². The van der Waals surface area contributed by atoms with E-state index in [-0.39, 0.29) is 5.91 Å². The van der Waals surface area contributed by atoms with E-state index in [4.69, 9.17) is 5.73 Å². The summed E-state index contributed by atoms with van der Waals surface area (Å²) in [5, 5.41) is 5.31. The standard InChI is InChI=1S/C18H17N3O3S2/c1-24-17(23)11-4-6-12(7-5-11)20-15(22)9-8-14-16(21-18(19)26-14)13-3-2-10-25-13/h2-7,10H,8-9H2,1H3,(H2,19,21)(H,20,22). The van der Waals surface area contributed by atoms with Crippen molar-refractivity contribution < 1.29 is 14.3 Å². The summed E-state index contributed by atoms with van der Waals surface area (Å²) < 4.78 is 4.65. The third kappa shape index (κ3) is 4.27. The van der Waals surface area contributed by atoms with Crippen molar-refractivity contribution in [3.05, 3.63) is 52.2 Å². The predicted octanol–water partition coefficient (Wildman–Crippen LogP) is 3.81. The van der Waals surface area contributed by atoms with Crippen molar-refractivity contribution >= 4 is 45.4 Å². The number of amides is 1. The molecular weight excluding hydrogens is 370 g/mol. The minimum absolute atomic E-state index is 0.111. The van der Waals surface area contributed by atoms with E-state index in [1.807, 2.05) is 17.5 Å². The molecule has 0 fully saturated rings. The van der Waals surface area contributed by atoms with Crippen LogP contribution < -0.4 is 11.1 Å². The Morgan fingerprint density at radius 3 is 2.65 bits per heavy atom. The first kappa shape index (κ1) is 18.1. The smallest absolute Gasteiger partial charge is 0.337 e. The molecule has 6 nitrogen and oxygen atoms in total. The number of nitrogens with one attached hydrogen (secondary N) is 1. The molecule has 0 bridgehead atoms. The van der Waals surface area contributed by atoms with Gasteiger partial charge in [-0.15, -0.1) is 22.7 Å². The number of ether oxygens (including phenoxy) is 1. The van der Waals surface area contributed by atoms with Gasteiger partial charge in [0.05, 0.1) is 23.2 Å². The normalized spacial score (nSPS) is 10.5. The molecule has 0 saturated carbocycles. The highest BCUT2D eigenvalue weighted by atomic mass is 32.1. The van der Waals surface area contributed by atoms with Crippen LogP contribution in [0.3, 0.4) is 0 Å². The quantitative estimate of drug-likeness (QED) is 0.627. The Hall–Kier alpha value is -2.71. The lowest BCUT2D eigenvalue weighted by molar-refractivity contribution is -0.116. The van der Waals surface area contributed by atoms with E-state index in [0.29, 0.717) is 29.2 Å². The number of aromatic nitrogens is 1. The van der Waals surface area contributed by atoms with Crippen molar-refractivity contribution in [2.75, 3.05) is 18.2 Å². The van der Waals surface area contributed by atoms with Gasteiger partial charge in [-0.05, 0) is 42.1 Å². The number of rotatable bonds is 6. The van der Waals surface area contributed by atoms with Crippen molar-refractivity contribution in [2.45, 2.75) is 12.8 Å². The second kappa shape index (κ2) is 8.11. The number of anilines is 2. The van der Waals surface area contributed by atoms with Crippen LogP contribution in [0.1, 0.15) is 21.7 Å². The molecule has 134 valence electrons. The zero-order chi connectivity index (χ0) is 18.5. The molecule has 3 N–H and O–H groups in total. The lowest BCUT2D eigenvalue weighted by atomic mass is 10.2. The van der Waals surface area contributed by atoms with Gasteiger partial charge in [0, 0.05) is 17.0 Å². The maximum absolute atomic E-state index is 12.2. The molecular formula is C18H17N3O3S2. The Balaban J connectivity index is 1.60. The van der Waals surface area contributed by atoms with Crippen LogP contribution in [0.15, 0.2) is 41.8 Å². The fourth-order valence-corrected chi connectivity index (χ4v) is 4.05. The van der Waals surface area contributed by atoms with E-state index < -0.39 is 5.97 Å². The number of thiophene rings is 1. The molecule has 3 aromatic rings. The van der Waals surface area contributed by atoms with Crippen LogP contribution in [-0.4, -0.2) is 24.0 Å². The van der Waals surface area contributed by atoms with Gasteiger partial charge in [-0.25, -0.2) is 9.78 Å². The fourth-order valence-electron chi connectivity index (χ4n) is 2.40. The molecule has 0 aliphatic heterocycles. The van der Waals surface area contributed by atoms with Gasteiger partial charge < -0.3 is 15.8 Å². The number of hydrogen-bond acceptors (Lipinski definition) is 7. The number of nitrogens with zero attached hydrogens (tertiary/aromatic N) is 1. The zero-order valence-electron chi connectivity index (χ0n) is 14.0. The Morgan fingerprint density at radius 1 is 1.23 bits per heavy atom. The lowest BCUT2D eigenvalue weighted by Gasteiger charge is -2.06. The van der Waals surface area contributed by atoms with Crippen LogP contribution in [0.25, 0.3) is 10.6 Å². The van der Waals surface area contributed by atoms with Crippen molar-refractivity contribution in [3.63, 3.8) is 0 Å². The predicted molar refractivity (Wildman–Crippen MR) is 105 cm³/mol. The maximum Gasteiger partial charge on any atom is 0.337 e. The van der Waals surface area contributed by atoms with Crippen LogP contribution in [-0.2, 0) is 16.0 Å². The van der Waals surface area contributed by atoms with Gasteiger partial charge in [0.15, 0.2) is 5.13 Å². The summed E-state index contributed by atoms with van der Waals surface area (Å²) in [4.78, 5) is 30.1. The molecule has 26 heavy (non-hydrogen) atoms. The zero-order valence-corrected chi connectivity index (χ0v) is 15.7. The van der Waals surface area contributed by atoms with Crippen LogP contribution in [0.5, 0.6) is 0 Å². The number of nitrogen functional groups attached to an aromatic ring is 1. The summed E-state index contributed by atoms with van der Waals surface area (Å²) in [5.41, 5.74) is 7.76. The number of hydrogen-bond donors (Lipinski definition) is 2. The number of thiazole rings is 1. The summed E-state index contributed by atoms with van der Waals surface area (Å²) in [6, 6.07) is 10.5. The Labute approximate surface area is 158 Å². The average molecular weight is 387 g/mol. The van der Waals surface area contributed by atoms with Gasteiger partial charge in [0.1, 0.15) is 0 Å². The highest BCUT2D eigenvalue weighted by Gasteiger charge is 2.14. The van der Waals surface area contributed by atoms with E-state index in [0.717, 1.165) is 15.4 Å². The molecule has 8 heteroatoms. The number of methoxy groups -OCH3 is 1. The van der Waals surface area contributed by atoms with Gasteiger partial charge in [-0.3, -0.25) is 4.79 Å². The lowest BCUT2D eigenvalue weighted by Crippen LogP contribution is -2.12. The average Bonchev–Trinajstić information content (AvgIpc) is 3.29.